The molecule has 0 saturated carbocycles. The summed E-state index contributed by atoms with van der Waals surface area (Å²) in [4.78, 5) is 0.117. The predicted molar refractivity (Wildman–Crippen MR) is 71.9 cm³/mol. The van der Waals surface area contributed by atoms with Crippen molar-refractivity contribution in [2.75, 3.05) is 5.32 Å². The summed E-state index contributed by atoms with van der Waals surface area (Å²) >= 11 is 4.86. The molecule has 2 aromatic rings. The minimum absolute atomic E-state index is 0.117. The molecular formula is C13H9F3N2S. The first kappa shape index (κ1) is 13.4. The summed E-state index contributed by atoms with van der Waals surface area (Å²) in [6.45, 7) is 0. The molecule has 3 N–H and O–H groups in total. The van der Waals surface area contributed by atoms with Gasteiger partial charge in [0.1, 0.15) is 10.8 Å². The van der Waals surface area contributed by atoms with Gasteiger partial charge in [0.25, 0.3) is 0 Å². The number of halogens is 3. The molecule has 0 saturated heterocycles. The lowest BCUT2D eigenvalue weighted by Gasteiger charge is -2.12. The van der Waals surface area contributed by atoms with Crippen LogP contribution in [0.25, 0.3) is 0 Å². The van der Waals surface area contributed by atoms with Crippen molar-refractivity contribution in [3.05, 3.63) is 59.4 Å². The highest BCUT2D eigenvalue weighted by Gasteiger charge is 2.11. The van der Waals surface area contributed by atoms with Crippen molar-refractivity contribution in [2.45, 2.75) is 0 Å². The summed E-state index contributed by atoms with van der Waals surface area (Å²) in [7, 11) is 0. The maximum Gasteiger partial charge on any atom is 0.161 e. The SMILES string of the molecule is NC(=S)c1ccccc1Nc1cc(F)c(F)cc1F. The summed E-state index contributed by atoms with van der Waals surface area (Å²) < 4.78 is 39.4. The number of anilines is 2. The van der Waals surface area contributed by atoms with Crippen LogP contribution in [0.3, 0.4) is 0 Å². The van der Waals surface area contributed by atoms with Crippen molar-refractivity contribution in [2.24, 2.45) is 5.73 Å². The lowest BCUT2D eigenvalue weighted by molar-refractivity contribution is 0.496. The monoisotopic (exact) mass is 282 g/mol. The van der Waals surface area contributed by atoms with Gasteiger partial charge in [-0.05, 0) is 12.1 Å². The Morgan fingerprint density at radius 2 is 1.58 bits per heavy atom. The smallest absolute Gasteiger partial charge is 0.161 e. The number of nitrogens with two attached hydrogens (primary N) is 1. The van der Waals surface area contributed by atoms with E-state index in [2.05, 4.69) is 5.32 Å². The Morgan fingerprint density at radius 1 is 0.947 bits per heavy atom. The molecular weight excluding hydrogens is 273 g/mol. The Balaban J connectivity index is 2.42. The lowest BCUT2D eigenvalue weighted by atomic mass is 10.1. The zero-order valence-corrected chi connectivity index (χ0v) is 10.4. The molecule has 0 heterocycles. The molecule has 0 aliphatic carbocycles. The largest absolute Gasteiger partial charge is 0.389 e. The summed E-state index contributed by atoms with van der Waals surface area (Å²) in [6.07, 6.45) is 0. The molecule has 0 bridgehead atoms. The number of benzene rings is 2. The first-order chi connectivity index (χ1) is 8.99. The van der Waals surface area contributed by atoms with Gasteiger partial charge in [0.05, 0.1) is 5.69 Å². The van der Waals surface area contributed by atoms with Crippen molar-refractivity contribution in [1.82, 2.24) is 0 Å². The minimum Gasteiger partial charge on any atom is -0.389 e. The first-order valence-corrected chi connectivity index (χ1v) is 5.70. The highest BCUT2D eigenvalue weighted by Crippen LogP contribution is 2.25. The van der Waals surface area contributed by atoms with Gasteiger partial charge in [0.2, 0.25) is 0 Å². The van der Waals surface area contributed by atoms with Crippen LogP contribution in [0.2, 0.25) is 0 Å². The molecule has 2 rings (SSSR count). The Bertz CT molecular complexity index is 644. The van der Waals surface area contributed by atoms with Gasteiger partial charge in [0.15, 0.2) is 11.6 Å². The quantitative estimate of drug-likeness (QED) is 0.668. The summed E-state index contributed by atoms with van der Waals surface area (Å²) in [6, 6.07) is 7.85. The molecule has 0 aliphatic rings. The zero-order chi connectivity index (χ0) is 14.0. The van der Waals surface area contributed by atoms with Crippen LogP contribution in [0.4, 0.5) is 24.5 Å². The van der Waals surface area contributed by atoms with Gasteiger partial charge >= 0.3 is 0 Å². The third kappa shape index (κ3) is 2.85. The molecule has 19 heavy (non-hydrogen) atoms. The van der Waals surface area contributed by atoms with E-state index < -0.39 is 17.5 Å². The topological polar surface area (TPSA) is 38.0 Å². The average Bonchev–Trinajstić information content (AvgIpc) is 2.36. The lowest BCUT2D eigenvalue weighted by Crippen LogP contribution is -2.12. The van der Waals surface area contributed by atoms with E-state index >= 15 is 0 Å². The molecule has 0 spiro atoms. The van der Waals surface area contributed by atoms with E-state index in [9.17, 15) is 13.2 Å². The second-order valence-electron chi connectivity index (χ2n) is 3.78. The molecule has 2 aromatic carbocycles. The fourth-order valence-corrected chi connectivity index (χ4v) is 1.75. The molecule has 0 atom stereocenters. The van der Waals surface area contributed by atoms with Crippen LogP contribution in [-0.2, 0) is 0 Å². The molecule has 6 heteroatoms. The van der Waals surface area contributed by atoms with Crippen molar-refractivity contribution in [3.8, 4) is 0 Å². The highest BCUT2D eigenvalue weighted by molar-refractivity contribution is 7.80. The van der Waals surface area contributed by atoms with E-state index in [4.69, 9.17) is 18.0 Å². The first-order valence-electron chi connectivity index (χ1n) is 5.29. The Labute approximate surface area is 113 Å². The van der Waals surface area contributed by atoms with E-state index in [1.165, 1.54) is 0 Å². The van der Waals surface area contributed by atoms with Crippen LogP contribution in [0.5, 0.6) is 0 Å². The normalized spacial score (nSPS) is 10.3. The Hall–Kier alpha value is -2.08. The third-order valence-corrected chi connectivity index (χ3v) is 2.69. The fourth-order valence-electron chi connectivity index (χ4n) is 1.57. The van der Waals surface area contributed by atoms with Crippen LogP contribution in [-0.4, -0.2) is 4.99 Å². The van der Waals surface area contributed by atoms with E-state index in [1.807, 2.05) is 0 Å². The third-order valence-electron chi connectivity index (χ3n) is 2.47. The maximum atomic E-state index is 13.5. The fraction of sp³-hybridized carbons (Fsp3) is 0. The summed E-state index contributed by atoms with van der Waals surface area (Å²) in [5.74, 6) is -3.29. The molecule has 98 valence electrons. The predicted octanol–water partition coefficient (Wildman–Crippen LogP) is 3.48. The molecule has 0 unspecified atom stereocenters. The van der Waals surface area contributed by atoms with Gasteiger partial charge in [-0.2, -0.15) is 0 Å². The number of thiocarbonyl (C=S) groups is 1. The van der Waals surface area contributed by atoms with Gasteiger partial charge in [-0.3, -0.25) is 0 Å². The number of rotatable bonds is 3. The molecule has 0 amide bonds. The summed E-state index contributed by atoms with van der Waals surface area (Å²) in [5.41, 5.74) is 6.24. The number of para-hydroxylation sites is 1. The zero-order valence-electron chi connectivity index (χ0n) is 9.58. The number of hydrogen-bond donors (Lipinski definition) is 2. The van der Waals surface area contributed by atoms with Crippen LogP contribution < -0.4 is 11.1 Å². The van der Waals surface area contributed by atoms with Crippen molar-refractivity contribution >= 4 is 28.6 Å². The molecule has 2 nitrogen and oxygen atoms in total. The molecule has 0 fully saturated rings. The van der Waals surface area contributed by atoms with Crippen LogP contribution in [0.1, 0.15) is 5.56 Å². The van der Waals surface area contributed by atoms with Gasteiger partial charge < -0.3 is 11.1 Å². The van der Waals surface area contributed by atoms with E-state index in [-0.39, 0.29) is 10.7 Å². The second kappa shape index (κ2) is 5.27. The van der Waals surface area contributed by atoms with E-state index in [1.54, 1.807) is 24.3 Å². The van der Waals surface area contributed by atoms with Crippen LogP contribution >= 0.6 is 12.2 Å². The van der Waals surface area contributed by atoms with Gasteiger partial charge in [-0.25, -0.2) is 13.2 Å². The number of hydrogen-bond acceptors (Lipinski definition) is 2. The van der Waals surface area contributed by atoms with E-state index in [0.29, 0.717) is 17.3 Å². The van der Waals surface area contributed by atoms with Crippen molar-refractivity contribution < 1.29 is 13.2 Å². The van der Waals surface area contributed by atoms with Gasteiger partial charge in [0, 0.05) is 23.4 Å². The van der Waals surface area contributed by atoms with Gasteiger partial charge in [-0.15, -0.1) is 0 Å². The van der Waals surface area contributed by atoms with Crippen LogP contribution in [0.15, 0.2) is 36.4 Å². The minimum atomic E-state index is -1.24. The van der Waals surface area contributed by atoms with Gasteiger partial charge in [-0.1, -0.05) is 24.4 Å². The molecule has 0 radical (unpaired) electrons. The second-order valence-corrected chi connectivity index (χ2v) is 4.22. The maximum absolute atomic E-state index is 13.5. The Kier molecular flexibility index (Phi) is 3.71. The summed E-state index contributed by atoms with van der Waals surface area (Å²) in [5, 5.41) is 2.64. The highest BCUT2D eigenvalue weighted by atomic mass is 32.1. The van der Waals surface area contributed by atoms with E-state index in [0.717, 1.165) is 6.07 Å². The number of nitrogens with one attached hydrogen (secondary N) is 1. The molecule has 0 aromatic heterocycles. The molecule has 0 aliphatic heterocycles. The Morgan fingerprint density at radius 3 is 2.26 bits per heavy atom. The van der Waals surface area contributed by atoms with Crippen molar-refractivity contribution in [1.29, 1.82) is 0 Å². The standard InChI is InChI=1S/C13H9F3N2S/c14-8-5-10(16)12(6-9(8)15)18-11-4-2-1-3-7(11)13(17)19/h1-6,18H,(H2,17,19). The average molecular weight is 282 g/mol. The van der Waals surface area contributed by atoms with Crippen LogP contribution in [0, 0.1) is 17.5 Å². The van der Waals surface area contributed by atoms with Crippen molar-refractivity contribution in [3.63, 3.8) is 0 Å².